The summed E-state index contributed by atoms with van der Waals surface area (Å²) in [4.78, 5) is 28.1. The molecule has 0 aliphatic carbocycles. The van der Waals surface area contributed by atoms with Gasteiger partial charge in [-0.25, -0.2) is 0 Å². The second kappa shape index (κ2) is 6.89. The van der Waals surface area contributed by atoms with Crippen molar-refractivity contribution in [2.45, 2.75) is 33.4 Å². The van der Waals surface area contributed by atoms with Crippen LogP contribution in [0, 0.1) is 5.41 Å². The highest BCUT2D eigenvalue weighted by Crippen LogP contribution is 2.20. The topological polar surface area (TPSA) is 66.6 Å². The monoisotopic (exact) mass is 337 g/mol. The predicted molar refractivity (Wildman–Crippen MR) is 90.9 cm³/mol. The Balaban J connectivity index is 1.96. The van der Waals surface area contributed by atoms with E-state index in [0.717, 1.165) is 5.56 Å². The molecule has 5 nitrogen and oxygen atoms in total. The Labute approximate surface area is 142 Å². The molecular weight excluding hydrogens is 314 g/mol. The van der Waals surface area contributed by atoms with Crippen LogP contribution in [-0.2, 0) is 16.1 Å². The first-order valence-electron chi connectivity index (χ1n) is 7.75. The number of piperazine rings is 1. The second-order valence-electron chi connectivity index (χ2n) is 7.05. The first kappa shape index (κ1) is 17.8. The van der Waals surface area contributed by atoms with Crippen LogP contribution < -0.4 is 5.73 Å². The quantitative estimate of drug-likeness (QED) is 0.915. The van der Waals surface area contributed by atoms with Gasteiger partial charge in [0.05, 0.1) is 12.6 Å². The van der Waals surface area contributed by atoms with Crippen LogP contribution in [-0.4, -0.2) is 47.3 Å². The van der Waals surface area contributed by atoms with Crippen molar-refractivity contribution >= 4 is 23.4 Å². The molecule has 126 valence electrons. The Kier molecular flexibility index (Phi) is 5.32. The fraction of sp³-hybridized carbons (Fsp3) is 0.529. The molecule has 1 saturated heterocycles. The van der Waals surface area contributed by atoms with Gasteiger partial charge in [-0.1, -0.05) is 44.5 Å². The number of benzene rings is 1. The average molecular weight is 338 g/mol. The lowest BCUT2D eigenvalue weighted by Crippen LogP contribution is -2.57. The van der Waals surface area contributed by atoms with E-state index in [9.17, 15) is 9.59 Å². The number of hydrogen-bond acceptors (Lipinski definition) is 3. The van der Waals surface area contributed by atoms with E-state index >= 15 is 0 Å². The first-order valence-corrected chi connectivity index (χ1v) is 8.13. The SMILES string of the molecule is CC(C)(C)[C@H](N)C(=O)N1CCN(Cc2ccc(Cl)cc2)C(=O)C1. The van der Waals surface area contributed by atoms with E-state index in [1.165, 1.54) is 0 Å². The van der Waals surface area contributed by atoms with Gasteiger partial charge in [-0.2, -0.15) is 0 Å². The fourth-order valence-electron chi connectivity index (χ4n) is 2.44. The van der Waals surface area contributed by atoms with Crippen LogP contribution in [0.5, 0.6) is 0 Å². The second-order valence-corrected chi connectivity index (χ2v) is 7.48. The molecule has 2 amide bonds. The molecule has 0 saturated carbocycles. The van der Waals surface area contributed by atoms with Crippen molar-refractivity contribution in [3.8, 4) is 0 Å². The fourth-order valence-corrected chi connectivity index (χ4v) is 2.57. The molecule has 0 unspecified atom stereocenters. The van der Waals surface area contributed by atoms with Crippen LogP contribution in [0.3, 0.4) is 0 Å². The third-order valence-electron chi connectivity index (χ3n) is 4.12. The number of carbonyl (C=O) groups is 2. The molecule has 2 N–H and O–H groups in total. The maximum Gasteiger partial charge on any atom is 0.242 e. The van der Waals surface area contributed by atoms with Gasteiger partial charge in [0, 0.05) is 24.7 Å². The van der Waals surface area contributed by atoms with Gasteiger partial charge in [-0.3, -0.25) is 9.59 Å². The van der Waals surface area contributed by atoms with Gasteiger partial charge >= 0.3 is 0 Å². The summed E-state index contributed by atoms with van der Waals surface area (Å²) in [6, 6.07) is 6.83. The van der Waals surface area contributed by atoms with Gasteiger partial charge in [-0.05, 0) is 23.1 Å². The molecule has 1 aromatic carbocycles. The molecule has 0 radical (unpaired) electrons. The highest BCUT2D eigenvalue weighted by Gasteiger charge is 2.34. The van der Waals surface area contributed by atoms with Crippen LogP contribution in [0.1, 0.15) is 26.3 Å². The molecule has 0 spiro atoms. The number of nitrogens with zero attached hydrogens (tertiary/aromatic N) is 2. The maximum atomic E-state index is 12.4. The summed E-state index contributed by atoms with van der Waals surface area (Å²) in [5.74, 6) is -0.211. The van der Waals surface area contributed by atoms with E-state index in [1.807, 2.05) is 45.0 Å². The molecule has 1 aliphatic heterocycles. The van der Waals surface area contributed by atoms with E-state index in [-0.39, 0.29) is 23.8 Å². The van der Waals surface area contributed by atoms with Gasteiger partial charge in [0.1, 0.15) is 0 Å². The zero-order valence-corrected chi connectivity index (χ0v) is 14.6. The third-order valence-corrected chi connectivity index (χ3v) is 4.37. The number of amides is 2. The number of hydrogen-bond donors (Lipinski definition) is 1. The smallest absolute Gasteiger partial charge is 0.242 e. The molecule has 1 aliphatic rings. The van der Waals surface area contributed by atoms with Crippen LogP contribution in [0.15, 0.2) is 24.3 Å². The molecule has 1 aromatic rings. The Hall–Kier alpha value is -1.59. The molecule has 6 heteroatoms. The predicted octanol–water partition coefficient (Wildman–Crippen LogP) is 1.88. The molecule has 1 atom stereocenters. The largest absolute Gasteiger partial charge is 0.335 e. The van der Waals surface area contributed by atoms with Crippen LogP contribution in [0.4, 0.5) is 0 Å². The summed E-state index contributed by atoms with van der Waals surface area (Å²) in [5.41, 5.74) is 6.72. The Morgan fingerprint density at radius 1 is 1.26 bits per heavy atom. The van der Waals surface area contributed by atoms with Gasteiger partial charge in [-0.15, -0.1) is 0 Å². The summed E-state index contributed by atoms with van der Waals surface area (Å²) in [5, 5.41) is 0.673. The van der Waals surface area contributed by atoms with Gasteiger partial charge in [0.15, 0.2) is 0 Å². The molecule has 0 aromatic heterocycles. The van der Waals surface area contributed by atoms with Crippen molar-refractivity contribution in [3.63, 3.8) is 0 Å². The number of halogens is 1. The lowest BCUT2D eigenvalue weighted by atomic mass is 9.86. The van der Waals surface area contributed by atoms with Crippen molar-refractivity contribution in [1.82, 2.24) is 9.80 Å². The van der Waals surface area contributed by atoms with Crippen molar-refractivity contribution in [3.05, 3.63) is 34.9 Å². The van der Waals surface area contributed by atoms with Gasteiger partial charge in [0.2, 0.25) is 11.8 Å². The molecule has 1 heterocycles. The molecule has 1 fully saturated rings. The maximum absolute atomic E-state index is 12.4. The number of carbonyl (C=O) groups excluding carboxylic acids is 2. The lowest BCUT2D eigenvalue weighted by molar-refractivity contribution is -0.147. The normalized spacial score (nSPS) is 17.3. The van der Waals surface area contributed by atoms with Crippen LogP contribution in [0.25, 0.3) is 0 Å². The minimum absolute atomic E-state index is 0.0549. The molecule has 2 rings (SSSR count). The van der Waals surface area contributed by atoms with E-state index < -0.39 is 6.04 Å². The summed E-state index contributed by atoms with van der Waals surface area (Å²) in [7, 11) is 0. The summed E-state index contributed by atoms with van der Waals surface area (Å²) in [6.07, 6.45) is 0. The standard InChI is InChI=1S/C17H24ClN3O2/c1-17(2,3)15(19)16(23)21-9-8-20(14(22)11-21)10-12-4-6-13(18)7-5-12/h4-7,15H,8-11,19H2,1-3H3/t15-/m1/s1. The van der Waals surface area contributed by atoms with Crippen molar-refractivity contribution in [2.24, 2.45) is 11.1 Å². The molecule has 0 bridgehead atoms. The van der Waals surface area contributed by atoms with Crippen molar-refractivity contribution in [1.29, 1.82) is 0 Å². The Morgan fingerprint density at radius 2 is 1.87 bits per heavy atom. The zero-order valence-electron chi connectivity index (χ0n) is 13.9. The number of rotatable bonds is 3. The average Bonchev–Trinajstić information content (AvgIpc) is 2.49. The third kappa shape index (κ3) is 4.45. The van der Waals surface area contributed by atoms with E-state index in [4.69, 9.17) is 17.3 Å². The summed E-state index contributed by atoms with van der Waals surface area (Å²) in [6.45, 7) is 7.43. The van der Waals surface area contributed by atoms with Gasteiger partial charge < -0.3 is 15.5 Å². The zero-order chi connectivity index (χ0) is 17.2. The molecule has 23 heavy (non-hydrogen) atoms. The summed E-state index contributed by atoms with van der Waals surface area (Å²) < 4.78 is 0. The minimum Gasteiger partial charge on any atom is -0.335 e. The first-order chi connectivity index (χ1) is 10.7. The van der Waals surface area contributed by atoms with Crippen LogP contribution >= 0.6 is 11.6 Å². The van der Waals surface area contributed by atoms with E-state index in [0.29, 0.717) is 24.7 Å². The Morgan fingerprint density at radius 3 is 2.39 bits per heavy atom. The van der Waals surface area contributed by atoms with E-state index in [2.05, 4.69) is 0 Å². The van der Waals surface area contributed by atoms with E-state index in [1.54, 1.807) is 9.80 Å². The highest BCUT2D eigenvalue weighted by atomic mass is 35.5. The van der Waals surface area contributed by atoms with Crippen molar-refractivity contribution in [2.75, 3.05) is 19.6 Å². The lowest BCUT2D eigenvalue weighted by Gasteiger charge is -2.37. The number of nitrogens with two attached hydrogens (primary N) is 1. The van der Waals surface area contributed by atoms with Crippen molar-refractivity contribution < 1.29 is 9.59 Å². The molecular formula is C17H24ClN3O2. The summed E-state index contributed by atoms with van der Waals surface area (Å²) >= 11 is 5.87. The Bertz CT molecular complexity index is 580. The minimum atomic E-state index is -0.599. The van der Waals surface area contributed by atoms with Gasteiger partial charge in [0.25, 0.3) is 0 Å². The van der Waals surface area contributed by atoms with Crippen LogP contribution in [0.2, 0.25) is 5.02 Å². The highest BCUT2D eigenvalue weighted by molar-refractivity contribution is 6.30.